The summed E-state index contributed by atoms with van der Waals surface area (Å²) in [6.45, 7) is 2.49. The summed E-state index contributed by atoms with van der Waals surface area (Å²) < 4.78 is 1.17. The second-order valence-corrected chi connectivity index (χ2v) is 5.20. The molecule has 0 aliphatic carbocycles. The molecule has 1 fully saturated rings. The monoisotopic (exact) mass is 314 g/mol. The fourth-order valence-corrected chi connectivity index (χ4v) is 2.67. The van der Waals surface area contributed by atoms with Gasteiger partial charge in [-0.25, -0.2) is 4.98 Å². The summed E-state index contributed by atoms with van der Waals surface area (Å²) >= 11 is 0. The van der Waals surface area contributed by atoms with Crippen LogP contribution in [0.15, 0.2) is 29.2 Å². The molecule has 1 saturated heterocycles. The van der Waals surface area contributed by atoms with E-state index in [9.17, 15) is 14.9 Å². The fraction of sp³-hybridized carbons (Fsp3) is 0.357. The van der Waals surface area contributed by atoms with E-state index >= 15 is 0 Å². The number of rotatable bonds is 3. The lowest BCUT2D eigenvalue weighted by molar-refractivity contribution is -0.385. The Morgan fingerprint density at radius 3 is 2.70 bits per heavy atom. The van der Waals surface area contributed by atoms with Crippen LogP contribution in [0.25, 0.3) is 5.65 Å². The number of hydrogen-bond acceptors (Lipinski definition) is 7. The summed E-state index contributed by atoms with van der Waals surface area (Å²) in [6, 6.07) is 7.07. The zero-order valence-corrected chi connectivity index (χ0v) is 12.3. The molecule has 3 rings (SSSR count). The van der Waals surface area contributed by atoms with Gasteiger partial charge in [-0.05, 0) is 12.1 Å². The number of nitriles is 1. The van der Waals surface area contributed by atoms with Gasteiger partial charge in [0.25, 0.3) is 0 Å². The highest BCUT2D eigenvalue weighted by molar-refractivity contribution is 5.61. The van der Waals surface area contributed by atoms with Crippen molar-refractivity contribution in [1.82, 2.24) is 14.3 Å². The number of hydrogen-bond donors (Lipinski definition) is 0. The van der Waals surface area contributed by atoms with Gasteiger partial charge in [-0.2, -0.15) is 5.26 Å². The van der Waals surface area contributed by atoms with Crippen LogP contribution in [-0.2, 0) is 0 Å². The maximum Gasteiger partial charge on any atom is 0.376 e. The van der Waals surface area contributed by atoms with Crippen molar-refractivity contribution < 1.29 is 4.92 Å². The first-order valence-corrected chi connectivity index (χ1v) is 7.12. The average Bonchev–Trinajstić information content (AvgIpc) is 2.55. The third kappa shape index (κ3) is 2.72. The second kappa shape index (κ2) is 6.02. The van der Waals surface area contributed by atoms with Crippen molar-refractivity contribution >= 4 is 17.2 Å². The van der Waals surface area contributed by atoms with E-state index in [0.29, 0.717) is 38.4 Å². The van der Waals surface area contributed by atoms with Gasteiger partial charge < -0.3 is 4.90 Å². The summed E-state index contributed by atoms with van der Waals surface area (Å²) in [5.74, 6) is 0.0998. The molecule has 0 aromatic carbocycles. The molecule has 0 spiro atoms. The van der Waals surface area contributed by atoms with Crippen LogP contribution in [0.1, 0.15) is 0 Å². The van der Waals surface area contributed by atoms with E-state index in [1.807, 2.05) is 4.90 Å². The quantitative estimate of drug-likeness (QED) is 0.454. The Balaban J connectivity index is 2.04. The van der Waals surface area contributed by atoms with E-state index in [2.05, 4.69) is 11.1 Å². The highest BCUT2D eigenvalue weighted by atomic mass is 16.6. The van der Waals surface area contributed by atoms with Crippen molar-refractivity contribution in [2.45, 2.75) is 0 Å². The summed E-state index contributed by atoms with van der Waals surface area (Å²) in [7, 11) is 0. The second-order valence-electron chi connectivity index (χ2n) is 5.20. The Morgan fingerprint density at radius 1 is 1.30 bits per heavy atom. The Morgan fingerprint density at radius 2 is 2.04 bits per heavy atom. The molecule has 0 N–H and O–H groups in total. The van der Waals surface area contributed by atoms with Crippen LogP contribution in [0.3, 0.4) is 0 Å². The molecule has 3 heterocycles. The van der Waals surface area contributed by atoms with Crippen LogP contribution in [-0.4, -0.2) is 51.9 Å². The van der Waals surface area contributed by atoms with Crippen molar-refractivity contribution in [3.05, 3.63) is 44.9 Å². The van der Waals surface area contributed by atoms with Crippen LogP contribution in [0.4, 0.5) is 11.5 Å². The van der Waals surface area contributed by atoms with Gasteiger partial charge in [-0.15, -0.1) is 0 Å². The van der Waals surface area contributed by atoms with E-state index in [4.69, 9.17) is 5.26 Å². The number of nitrogens with zero attached hydrogens (tertiary/aromatic N) is 6. The van der Waals surface area contributed by atoms with E-state index in [0.717, 1.165) is 0 Å². The number of anilines is 1. The molecule has 0 amide bonds. The molecule has 9 nitrogen and oxygen atoms in total. The Hall–Kier alpha value is -2.99. The SMILES string of the molecule is N#CCN1CCN(c2nc3ccccn3c(=O)c2[N+](=O)[O-])CC1. The highest BCUT2D eigenvalue weighted by Gasteiger charge is 2.29. The third-order valence-electron chi connectivity index (χ3n) is 3.84. The average molecular weight is 314 g/mol. The van der Waals surface area contributed by atoms with Gasteiger partial charge >= 0.3 is 11.2 Å². The van der Waals surface area contributed by atoms with E-state index in [-0.39, 0.29) is 5.82 Å². The molecular formula is C14H14N6O3. The minimum atomic E-state index is -0.685. The molecular weight excluding hydrogens is 300 g/mol. The molecule has 2 aromatic heterocycles. The molecule has 118 valence electrons. The number of piperazine rings is 1. The van der Waals surface area contributed by atoms with Gasteiger partial charge in [0, 0.05) is 32.4 Å². The van der Waals surface area contributed by atoms with Crippen LogP contribution in [0.2, 0.25) is 0 Å². The van der Waals surface area contributed by atoms with Gasteiger partial charge in [-0.3, -0.25) is 24.2 Å². The number of nitro groups is 1. The fourth-order valence-electron chi connectivity index (χ4n) is 2.67. The van der Waals surface area contributed by atoms with E-state index in [1.54, 1.807) is 23.1 Å². The van der Waals surface area contributed by atoms with Crippen molar-refractivity contribution in [1.29, 1.82) is 5.26 Å². The predicted octanol–water partition coefficient (Wildman–Crippen LogP) is 0.248. The molecule has 0 radical (unpaired) electrons. The normalized spacial score (nSPS) is 15.5. The molecule has 2 aromatic rings. The summed E-state index contributed by atoms with van der Waals surface area (Å²) in [5, 5.41) is 20.1. The summed E-state index contributed by atoms with van der Waals surface area (Å²) in [5.41, 5.74) is -0.824. The van der Waals surface area contributed by atoms with Crippen LogP contribution in [0, 0.1) is 21.4 Å². The molecule has 1 aliphatic rings. The van der Waals surface area contributed by atoms with E-state index < -0.39 is 16.2 Å². The first-order valence-electron chi connectivity index (χ1n) is 7.12. The lowest BCUT2D eigenvalue weighted by Gasteiger charge is -2.33. The molecule has 0 unspecified atom stereocenters. The standard InChI is InChI=1S/C14H14N6O3/c15-4-6-17-7-9-18(10-8-17)13-12(20(22)23)14(21)19-5-2-1-3-11(19)16-13/h1-3,5H,6-10H2. The van der Waals surface area contributed by atoms with Crippen LogP contribution < -0.4 is 10.5 Å². The topological polar surface area (TPSA) is 108 Å². The van der Waals surface area contributed by atoms with Gasteiger partial charge in [0.1, 0.15) is 5.65 Å². The summed E-state index contributed by atoms with van der Waals surface area (Å²) in [4.78, 5) is 31.1. The molecule has 23 heavy (non-hydrogen) atoms. The highest BCUT2D eigenvalue weighted by Crippen LogP contribution is 2.23. The smallest absolute Gasteiger partial charge is 0.348 e. The van der Waals surface area contributed by atoms with Gasteiger partial charge in [-0.1, -0.05) is 6.07 Å². The minimum Gasteiger partial charge on any atom is -0.348 e. The first kappa shape index (κ1) is 14.9. The largest absolute Gasteiger partial charge is 0.376 e. The molecule has 9 heteroatoms. The maximum absolute atomic E-state index is 12.4. The zero-order chi connectivity index (χ0) is 16.4. The van der Waals surface area contributed by atoms with Crippen LogP contribution in [0.5, 0.6) is 0 Å². The maximum atomic E-state index is 12.4. The first-order chi connectivity index (χ1) is 11.1. The van der Waals surface area contributed by atoms with E-state index in [1.165, 1.54) is 10.6 Å². The molecule has 0 saturated carbocycles. The minimum absolute atomic E-state index is 0.0998. The van der Waals surface area contributed by atoms with Crippen LogP contribution >= 0.6 is 0 Å². The van der Waals surface area contributed by atoms with Crippen molar-refractivity contribution in [3.8, 4) is 6.07 Å². The van der Waals surface area contributed by atoms with Crippen molar-refractivity contribution in [3.63, 3.8) is 0 Å². The Kier molecular flexibility index (Phi) is 3.91. The molecule has 0 atom stereocenters. The lowest BCUT2D eigenvalue weighted by atomic mass is 10.3. The molecule has 1 aliphatic heterocycles. The van der Waals surface area contributed by atoms with Crippen molar-refractivity contribution in [2.75, 3.05) is 37.6 Å². The van der Waals surface area contributed by atoms with Gasteiger partial charge in [0.2, 0.25) is 5.82 Å². The van der Waals surface area contributed by atoms with Gasteiger partial charge in [0.15, 0.2) is 0 Å². The Bertz CT molecular complexity index is 848. The summed E-state index contributed by atoms with van der Waals surface area (Å²) in [6.07, 6.45) is 1.46. The number of aromatic nitrogens is 2. The molecule has 0 bridgehead atoms. The van der Waals surface area contributed by atoms with Crippen molar-refractivity contribution in [2.24, 2.45) is 0 Å². The third-order valence-corrected chi connectivity index (χ3v) is 3.84. The zero-order valence-electron chi connectivity index (χ0n) is 12.3. The lowest BCUT2D eigenvalue weighted by Crippen LogP contribution is -2.47. The van der Waals surface area contributed by atoms with Gasteiger partial charge in [0.05, 0.1) is 17.5 Å². The number of fused-ring (bicyclic) bond motifs is 1. The predicted molar refractivity (Wildman–Crippen MR) is 82.4 cm³/mol. The Labute approximate surface area is 131 Å². The number of pyridine rings is 1.